The van der Waals surface area contributed by atoms with Crippen molar-refractivity contribution in [2.24, 2.45) is 29.0 Å². The van der Waals surface area contributed by atoms with Crippen LogP contribution < -0.4 is 32.7 Å². The molecule has 2 aromatic rings. The lowest BCUT2D eigenvalue weighted by Crippen LogP contribution is -2.67. The molecule has 0 heterocycles. The number of phenols is 1. The summed E-state index contributed by atoms with van der Waals surface area (Å²) in [6.45, 7) is 0. The van der Waals surface area contributed by atoms with Gasteiger partial charge in [-0.3, -0.25) is 19.9 Å². The van der Waals surface area contributed by atoms with Gasteiger partial charge in [0, 0.05) is 42.5 Å². The number of nitrogens with zero attached hydrogens (tertiary/aromatic N) is 2. The molecule has 2 aromatic carbocycles. The Bertz CT molecular complexity index is 1700. The highest BCUT2D eigenvalue weighted by molar-refractivity contribution is 6.25. The Morgan fingerprint density at radius 1 is 1.14 bits per heavy atom. The highest BCUT2D eigenvalue weighted by Crippen LogP contribution is 2.53. The number of anilines is 3. The van der Waals surface area contributed by atoms with Gasteiger partial charge in [-0.1, -0.05) is 6.07 Å². The summed E-state index contributed by atoms with van der Waals surface area (Å²) < 4.78 is 13.6. The first-order chi connectivity index (χ1) is 20.6. The number of amidine groups is 1. The zero-order valence-corrected chi connectivity index (χ0v) is 24.7. The van der Waals surface area contributed by atoms with Crippen molar-refractivity contribution in [1.29, 1.82) is 5.41 Å². The molecule has 0 unspecified atom stereocenters. The van der Waals surface area contributed by atoms with E-state index in [9.17, 15) is 29.0 Å². The SMILES string of the molecule is CN(C)c1cc(NC(=O)Nc2cccc(F)c2)c(O)c2c1C[C@H]1C[C@H]3[C@@H](N(C)C)C(=O)C(C(=N)N)=C(N)[C@@]3(O)C(=O)C1=C2N. The highest BCUT2D eigenvalue weighted by Gasteiger charge is 2.62. The summed E-state index contributed by atoms with van der Waals surface area (Å²) in [5, 5.41) is 36.5. The summed E-state index contributed by atoms with van der Waals surface area (Å²) >= 11 is 0. The molecule has 232 valence electrons. The number of hydrogen-bond donors (Lipinski definition) is 8. The van der Waals surface area contributed by atoms with Gasteiger partial charge in [0.15, 0.2) is 17.2 Å². The van der Waals surface area contributed by atoms with E-state index in [4.69, 9.17) is 22.6 Å². The number of phenolic OH excluding ortho intramolecular Hbond substituents is 1. The summed E-state index contributed by atoms with van der Waals surface area (Å²) in [7, 11) is 6.79. The lowest BCUT2D eigenvalue weighted by Gasteiger charge is -2.51. The maximum atomic E-state index is 14.3. The summed E-state index contributed by atoms with van der Waals surface area (Å²) in [5.41, 5.74) is 16.6. The molecule has 0 bridgehead atoms. The summed E-state index contributed by atoms with van der Waals surface area (Å²) in [5.74, 6) is -4.54. The molecule has 2 amide bonds. The smallest absolute Gasteiger partial charge is 0.323 e. The minimum absolute atomic E-state index is 0.0234. The fourth-order valence-electron chi connectivity index (χ4n) is 6.81. The van der Waals surface area contributed by atoms with E-state index in [0.29, 0.717) is 11.3 Å². The largest absolute Gasteiger partial charge is 0.505 e. The quantitative estimate of drug-likeness (QED) is 0.137. The molecule has 5 rings (SSSR count). The summed E-state index contributed by atoms with van der Waals surface area (Å²) in [4.78, 5) is 43.8. The minimum Gasteiger partial charge on any atom is -0.505 e. The summed E-state index contributed by atoms with van der Waals surface area (Å²) in [6, 6.07) is 5.08. The molecule has 0 aliphatic heterocycles. The van der Waals surface area contributed by atoms with Gasteiger partial charge in [-0.05, 0) is 62.7 Å². The van der Waals surface area contributed by atoms with Gasteiger partial charge in [0.05, 0.1) is 28.7 Å². The van der Waals surface area contributed by atoms with Crippen LogP contribution in [0.4, 0.5) is 26.2 Å². The molecule has 1 saturated carbocycles. The molecule has 1 fully saturated rings. The van der Waals surface area contributed by atoms with Crippen molar-refractivity contribution in [3.8, 4) is 5.75 Å². The Kier molecular flexibility index (Phi) is 7.38. The van der Waals surface area contributed by atoms with E-state index in [1.54, 1.807) is 44.1 Å². The Morgan fingerprint density at radius 3 is 2.41 bits per heavy atom. The zero-order valence-electron chi connectivity index (χ0n) is 24.7. The van der Waals surface area contributed by atoms with Crippen LogP contribution in [0.15, 0.2) is 47.2 Å². The molecule has 11 N–H and O–H groups in total. The molecular formula is C30H35FN8O5. The van der Waals surface area contributed by atoms with Gasteiger partial charge in [-0.2, -0.15) is 0 Å². The number of amides is 2. The molecule has 4 atom stereocenters. The van der Waals surface area contributed by atoms with Crippen LogP contribution in [-0.2, 0) is 16.0 Å². The molecule has 0 radical (unpaired) electrons. The molecule has 0 saturated heterocycles. The maximum absolute atomic E-state index is 14.3. The molecule has 3 aliphatic rings. The van der Waals surface area contributed by atoms with Gasteiger partial charge in [0.1, 0.15) is 17.4 Å². The maximum Gasteiger partial charge on any atom is 0.323 e. The van der Waals surface area contributed by atoms with E-state index < -0.39 is 69.7 Å². The van der Waals surface area contributed by atoms with Crippen molar-refractivity contribution in [3.63, 3.8) is 0 Å². The van der Waals surface area contributed by atoms with E-state index in [0.717, 1.165) is 6.07 Å². The first kappa shape index (κ1) is 30.5. The number of halogens is 1. The normalized spacial score (nSPS) is 24.5. The van der Waals surface area contributed by atoms with Crippen LogP contribution in [0.1, 0.15) is 17.5 Å². The molecular weight excluding hydrogens is 571 g/mol. The number of Topliss-reactive ketones (excluding diaryl/α,β-unsaturated/α-hetero) is 2. The lowest BCUT2D eigenvalue weighted by atomic mass is 9.57. The second-order valence-corrected chi connectivity index (χ2v) is 11.8. The molecule has 0 spiro atoms. The van der Waals surface area contributed by atoms with Gasteiger partial charge < -0.3 is 42.9 Å². The van der Waals surface area contributed by atoms with Crippen LogP contribution in [0.25, 0.3) is 5.70 Å². The predicted molar refractivity (Wildman–Crippen MR) is 163 cm³/mol. The number of benzene rings is 2. The van der Waals surface area contributed by atoms with Gasteiger partial charge in [0.2, 0.25) is 0 Å². The number of hydrogen-bond acceptors (Lipinski definition) is 10. The fourth-order valence-corrected chi connectivity index (χ4v) is 6.81. The Morgan fingerprint density at radius 2 is 1.82 bits per heavy atom. The number of nitrogens with one attached hydrogen (secondary N) is 3. The second-order valence-electron chi connectivity index (χ2n) is 11.8. The average molecular weight is 607 g/mol. The number of aromatic hydroxyl groups is 1. The van der Waals surface area contributed by atoms with E-state index in [1.165, 1.54) is 18.2 Å². The second kappa shape index (κ2) is 10.6. The monoisotopic (exact) mass is 606 g/mol. The van der Waals surface area contributed by atoms with Crippen molar-refractivity contribution in [3.05, 3.63) is 64.1 Å². The Balaban J connectivity index is 1.64. The number of aliphatic hydroxyl groups is 1. The third-order valence-electron chi connectivity index (χ3n) is 8.68. The fraction of sp³-hybridized carbons (Fsp3) is 0.333. The number of urea groups is 1. The van der Waals surface area contributed by atoms with Crippen LogP contribution in [0.3, 0.4) is 0 Å². The van der Waals surface area contributed by atoms with Crippen LogP contribution in [-0.4, -0.2) is 78.4 Å². The molecule has 0 aromatic heterocycles. The average Bonchev–Trinajstić information content (AvgIpc) is 2.91. The number of nitrogens with two attached hydrogens (primary N) is 3. The molecule has 13 nitrogen and oxygen atoms in total. The van der Waals surface area contributed by atoms with E-state index in [-0.39, 0.29) is 41.1 Å². The molecule has 14 heteroatoms. The third-order valence-corrected chi connectivity index (χ3v) is 8.68. The van der Waals surface area contributed by atoms with E-state index in [1.807, 2.05) is 0 Å². The van der Waals surface area contributed by atoms with Gasteiger partial charge in [-0.25, -0.2) is 9.18 Å². The number of ketones is 2. The van der Waals surface area contributed by atoms with Crippen LogP contribution in [0.2, 0.25) is 0 Å². The number of carbonyl (C=O) groups is 3. The Hall–Kier alpha value is -4.95. The topological polar surface area (TPSA) is 224 Å². The van der Waals surface area contributed by atoms with Crippen LogP contribution in [0, 0.1) is 23.1 Å². The van der Waals surface area contributed by atoms with Crippen molar-refractivity contribution in [2.75, 3.05) is 43.7 Å². The van der Waals surface area contributed by atoms with E-state index >= 15 is 0 Å². The van der Waals surface area contributed by atoms with Gasteiger partial charge in [-0.15, -0.1) is 0 Å². The Labute approximate surface area is 252 Å². The van der Waals surface area contributed by atoms with Gasteiger partial charge in [0.25, 0.3) is 0 Å². The van der Waals surface area contributed by atoms with Crippen molar-refractivity contribution >= 4 is 46.2 Å². The lowest BCUT2D eigenvalue weighted by molar-refractivity contribution is -0.148. The van der Waals surface area contributed by atoms with Crippen LogP contribution >= 0.6 is 0 Å². The number of rotatable bonds is 5. The number of fused-ring (bicyclic) bond motifs is 3. The standard InChI is InChI=1S/C30H35FN8O5/c1-38(2)18-11-17(37-29(43)36-14-7-5-6-13(31)10-14)24(40)20-15(18)8-12-9-16-23(39(3)4)25(41)21(28(34)35)26(33)30(16,44)27(42)19(12)22(20)32/h5-7,10-12,16,23,40,44H,8-9,32-33H2,1-4H3,(H3,34,35)(H2,36,37,43)/t12-,16-,23+,30+/m0/s1. The minimum atomic E-state index is -2.39. The van der Waals surface area contributed by atoms with Gasteiger partial charge >= 0.3 is 6.03 Å². The number of likely N-dealkylation sites (N-methyl/N-ethyl adjacent to an activating group) is 1. The first-order valence-electron chi connectivity index (χ1n) is 13.8. The van der Waals surface area contributed by atoms with Crippen LogP contribution in [0.5, 0.6) is 5.75 Å². The van der Waals surface area contributed by atoms with Crippen molar-refractivity contribution in [1.82, 2.24) is 4.90 Å². The highest BCUT2D eigenvalue weighted by atomic mass is 19.1. The third kappa shape index (κ3) is 4.53. The number of carbonyl (C=O) groups excluding carboxylic acids is 3. The van der Waals surface area contributed by atoms with Crippen molar-refractivity contribution < 1.29 is 29.0 Å². The van der Waals surface area contributed by atoms with E-state index in [2.05, 4.69) is 10.6 Å². The van der Waals surface area contributed by atoms with Crippen molar-refractivity contribution in [2.45, 2.75) is 24.5 Å². The first-order valence-corrected chi connectivity index (χ1v) is 13.8. The predicted octanol–water partition coefficient (Wildman–Crippen LogP) is 1.07. The summed E-state index contributed by atoms with van der Waals surface area (Å²) in [6.07, 6.45) is 0.361. The molecule has 44 heavy (non-hydrogen) atoms. The zero-order chi connectivity index (χ0) is 32.4. The molecule has 3 aliphatic carbocycles.